The maximum absolute atomic E-state index is 11.9. The van der Waals surface area contributed by atoms with Crippen molar-refractivity contribution in [3.63, 3.8) is 0 Å². The molecule has 0 aliphatic heterocycles. The first kappa shape index (κ1) is 14.2. The molecule has 2 aromatic rings. The highest BCUT2D eigenvalue weighted by molar-refractivity contribution is 6.04. The molecule has 0 unspecified atom stereocenters. The zero-order chi connectivity index (χ0) is 15.4. The number of carboxylic acid groups (broad SMARTS) is 1. The van der Waals surface area contributed by atoms with E-state index in [2.05, 4.69) is 5.32 Å². The van der Waals surface area contributed by atoms with Crippen LogP contribution >= 0.6 is 0 Å². The Balaban J connectivity index is 2.16. The number of carbonyl (C=O) groups is 2. The largest absolute Gasteiger partial charge is 0.478 e. The van der Waals surface area contributed by atoms with E-state index in [-0.39, 0.29) is 22.5 Å². The monoisotopic (exact) mass is 286 g/mol. The second kappa shape index (κ2) is 5.83. The lowest BCUT2D eigenvalue weighted by atomic mass is 10.1. The molecule has 21 heavy (non-hydrogen) atoms. The number of aromatic carboxylic acids is 1. The second-order valence-corrected chi connectivity index (χ2v) is 4.14. The summed E-state index contributed by atoms with van der Waals surface area (Å²) < 4.78 is 0. The van der Waals surface area contributed by atoms with Crippen LogP contribution in [0.3, 0.4) is 0 Å². The van der Waals surface area contributed by atoms with Gasteiger partial charge in [0.15, 0.2) is 0 Å². The van der Waals surface area contributed by atoms with Gasteiger partial charge in [-0.15, -0.1) is 0 Å². The van der Waals surface area contributed by atoms with Crippen LogP contribution in [-0.2, 0) is 0 Å². The Morgan fingerprint density at radius 3 is 2.24 bits per heavy atom. The molecule has 0 fully saturated rings. The Labute approximate surface area is 119 Å². The fraction of sp³-hybridized carbons (Fsp3) is 0. The van der Waals surface area contributed by atoms with Crippen molar-refractivity contribution in [3.05, 3.63) is 69.8 Å². The molecule has 0 spiro atoms. The Bertz CT molecular complexity index is 710. The third kappa shape index (κ3) is 3.41. The molecule has 0 aliphatic carbocycles. The van der Waals surface area contributed by atoms with E-state index in [1.807, 2.05) is 0 Å². The number of rotatable bonds is 4. The van der Waals surface area contributed by atoms with E-state index in [1.54, 1.807) is 0 Å². The van der Waals surface area contributed by atoms with Crippen LogP contribution in [0, 0.1) is 10.1 Å². The fourth-order valence-electron chi connectivity index (χ4n) is 1.66. The van der Waals surface area contributed by atoms with Gasteiger partial charge in [-0.05, 0) is 30.3 Å². The average molecular weight is 286 g/mol. The highest BCUT2D eigenvalue weighted by Gasteiger charge is 2.10. The maximum atomic E-state index is 11.9. The van der Waals surface area contributed by atoms with Gasteiger partial charge in [-0.2, -0.15) is 0 Å². The first-order chi connectivity index (χ1) is 9.97. The van der Waals surface area contributed by atoms with E-state index in [0.29, 0.717) is 0 Å². The third-order valence-electron chi connectivity index (χ3n) is 2.71. The van der Waals surface area contributed by atoms with Gasteiger partial charge in [0.2, 0.25) is 0 Å². The lowest BCUT2D eigenvalue weighted by molar-refractivity contribution is -0.384. The number of nitro groups is 1. The van der Waals surface area contributed by atoms with Crippen LogP contribution < -0.4 is 5.32 Å². The molecule has 106 valence electrons. The second-order valence-electron chi connectivity index (χ2n) is 4.14. The smallest absolute Gasteiger partial charge is 0.335 e. The lowest BCUT2D eigenvalue weighted by Gasteiger charge is -2.05. The van der Waals surface area contributed by atoms with Crippen LogP contribution in [0.4, 0.5) is 11.4 Å². The topological polar surface area (TPSA) is 110 Å². The first-order valence-electron chi connectivity index (χ1n) is 5.86. The van der Waals surface area contributed by atoms with Gasteiger partial charge in [0.05, 0.1) is 10.5 Å². The van der Waals surface area contributed by atoms with Gasteiger partial charge < -0.3 is 10.4 Å². The van der Waals surface area contributed by atoms with Crippen LogP contribution in [0.25, 0.3) is 0 Å². The molecule has 2 rings (SSSR count). The predicted octanol–water partition coefficient (Wildman–Crippen LogP) is 2.55. The number of anilines is 1. The van der Waals surface area contributed by atoms with Gasteiger partial charge in [-0.3, -0.25) is 14.9 Å². The summed E-state index contributed by atoms with van der Waals surface area (Å²) in [5.74, 6) is -1.56. The summed E-state index contributed by atoms with van der Waals surface area (Å²) in [4.78, 5) is 32.7. The number of nitrogens with zero attached hydrogens (tertiary/aromatic N) is 1. The zero-order valence-electron chi connectivity index (χ0n) is 10.6. The summed E-state index contributed by atoms with van der Waals surface area (Å²) in [6.45, 7) is 0. The number of non-ortho nitro benzene ring substituents is 1. The number of nitrogens with one attached hydrogen (secondary N) is 1. The minimum absolute atomic E-state index is 0.0712. The van der Waals surface area contributed by atoms with Gasteiger partial charge in [0.1, 0.15) is 0 Å². The number of benzene rings is 2. The van der Waals surface area contributed by atoms with E-state index < -0.39 is 16.8 Å². The highest BCUT2D eigenvalue weighted by Crippen LogP contribution is 2.18. The summed E-state index contributed by atoms with van der Waals surface area (Å²) >= 11 is 0. The Hall–Kier alpha value is -3.22. The van der Waals surface area contributed by atoms with Crippen LogP contribution in [0.2, 0.25) is 0 Å². The van der Waals surface area contributed by atoms with Gasteiger partial charge >= 0.3 is 5.97 Å². The molecule has 0 heterocycles. The van der Waals surface area contributed by atoms with E-state index in [9.17, 15) is 19.7 Å². The summed E-state index contributed by atoms with van der Waals surface area (Å²) in [6.07, 6.45) is 0. The lowest BCUT2D eigenvalue weighted by Crippen LogP contribution is -2.12. The van der Waals surface area contributed by atoms with Crippen LogP contribution in [0.1, 0.15) is 20.7 Å². The van der Waals surface area contributed by atoms with Crippen molar-refractivity contribution < 1.29 is 19.6 Å². The number of hydrogen-bond donors (Lipinski definition) is 2. The van der Waals surface area contributed by atoms with E-state index in [0.717, 1.165) is 0 Å². The number of nitro benzene ring substituents is 1. The molecule has 1 amide bonds. The third-order valence-corrected chi connectivity index (χ3v) is 2.71. The SMILES string of the molecule is O=C(O)c1ccc(C(=O)Nc2cccc([N+](=O)[O-])c2)cc1. The van der Waals surface area contributed by atoms with E-state index >= 15 is 0 Å². The number of carbonyl (C=O) groups excluding carboxylic acids is 1. The molecular weight excluding hydrogens is 276 g/mol. The number of hydrogen-bond acceptors (Lipinski definition) is 4. The van der Waals surface area contributed by atoms with Crippen molar-refractivity contribution in [2.24, 2.45) is 0 Å². The van der Waals surface area contributed by atoms with Crippen LogP contribution in [-0.4, -0.2) is 21.9 Å². The Morgan fingerprint density at radius 1 is 1.05 bits per heavy atom. The minimum Gasteiger partial charge on any atom is -0.478 e. The van der Waals surface area contributed by atoms with Crippen molar-refractivity contribution >= 4 is 23.3 Å². The predicted molar refractivity (Wildman–Crippen MR) is 74.5 cm³/mol. The zero-order valence-corrected chi connectivity index (χ0v) is 10.6. The summed E-state index contributed by atoms with van der Waals surface area (Å²) in [5.41, 5.74) is 0.485. The molecule has 7 heteroatoms. The van der Waals surface area contributed by atoms with Crippen LogP contribution in [0.15, 0.2) is 48.5 Å². The van der Waals surface area contributed by atoms with Crippen molar-refractivity contribution in [1.82, 2.24) is 0 Å². The fourth-order valence-corrected chi connectivity index (χ4v) is 1.66. The molecule has 7 nitrogen and oxygen atoms in total. The van der Waals surface area contributed by atoms with Crippen LogP contribution in [0.5, 0.6) is 0 Å². The number of carboxylic acids is 1. The number of amides is 1. The molecule has 0 saturated carbocycles. The normalized spacial score (nSPS) is 9.90. The van der Waals surface area contributed by atoms with E-state index in [4.69, 9.17) is 5.11 Å². The molecule has 0 radical (unpaired) electrons. The molecule has 0 bridgehead atoms. The van der Waals surface area contributed by atoms with E-state index in [1.165, 1.54) is 48.5 Å². The van der Waals surface area contributed by atoms with Gasteiger partial charge in [-0.1, -0.05) is 6.07 Å². The molecule has 2 N–H and O–H groups in total. The Kier molecular flexibility index (Phi) is 3.94. The quantitative estimate of drug-likeness (QED) is 0.663. The molecule has 0 saturated heterocycles. The highest BCUT2D eigenvalue weighted by atomic mass is 16.6. The first-order valence-corrected chi connectivity index (χ1v) is 5.86. The van der Waals surface area contributed by atoms with Crippen molar-refractivity contribution in [2.75, 3.05) is 5.32 Å². The average Bonchev–Trinajstić information content (AvgIpc) is 2.47. The molecule has 2 aromatic carbocycles. The maximum Gasteiger partial charge on any atom is 0.335 e. The van der Waals surface area contributed by atoms with Crippen molar-refractivity contribution in [1.29, 1.82) is 0 Å². The summed E-state index contributed by atoms with van der Waals surface area (Å²) in [5, 5.41) is 21.9. The summed E-state index contributed by atoms with van der Waals surface area (Å²) in [7, 11) is 0. The minimum atomic E-state index is -1.08. The van der Waals surface area contributed by atoms with Crippen molar-refractivity contribution in [3.8, 4) is 0 Å². The standard InChI is InChI=1S/C14H10N2O5/c17-13(9-4-6-10(7-5-9)14(18)19)15-11-2-1-3-12(8-11)16(20)21/h1-8H,(H,15,17)(H,18,19). The van der Waals surface area contributed by atoms with Crippen molar-refractivity contribution in [2.45, 2.75) is 0 Å². The molecular formula is C14H10N2O5. The molecule has 0 atom stereocenters. The summed E-state index contributed by atoms with van der Waals surface area (Å²) in [6, 6.07) is 10.9. The van der Waals surface area contributed by atoms with Gasteiger partial charge in [-0.25, -0.2) is 4.79 Å². The van der Waals surface area contributed by atoms with Gasteiger partial charge in [0, 0.05) is 23.4 Å². The molecule has 0 aliphatic rings. The van der Waals surface area contributed by atoms with Gasteiger partial charge in [0.25, 0.3) is 11.6 Å². The molecule has 0 aromatic heterocycles. The Morgan fingerprint density at radius 2 is 1.67 bits per heavy atom.